The molecule has 2 N–H and O–H groups in total. The van der Waals surface area contributed by atoms with Gasteiger partial charge in [-0.3, -0.25) is 4.79 Å². The molecular weight excluding hydrogens is 237 g/mol. The number of hydrogen-bond acceptors (Lipinski definition) is 3. The quantitative estimate of drug-likeness (QED) is 0.874. The van der Waals surface area contributed by atoms with Crippen LogP contribution < -0.4 is 5.73 Å². The second-order valence-electron chi connectivity index (χ2n) is 3.54. The number of anilines is 1. The van der Waals surface area contributed by atoms with Gasteiger partial charge in [0, 0.05) is 13.6 Å². The molecule has 0 aromatic carbocycles. The van der Waals surface area contributed by atoms with Crippen LogP contribution in [0.1, 0.15) is 17.4 Å². The summed E-state index contributed by atoms with van der Waals surface area (Å²) >= 11 is 0. The molecule has 0 saturated heterocycles. The normalized spacial score (nSPS) is 11.6. The minimum absolute atomic E-state index is 0.0560. The Kier molecular flexibility index (Phi) is 3.64. The van der Waals surface area contributed by atoms with Crippen LogP contribution >= 0.6 is 0 Å². The van der Waals surface area contributed by atoms with Gasteiger partial charge in [-0.2, -0.15) is 18.3 Å². The van der Waals surface area contributed by atoms with E-state index in [1.165, 1.54) is 11.9 Å². The van der Waals surface area contributed by atoms with E-state index in [0.717, 1.165) is 6.20 Å². The fourth-order valence-corrected chi connectivity index (χ4v) is 1.25. The van der Waals surface area contributed by atoms with Gasteiger partial charge in [-0.05, 0) is 6.92 Å². The summed E-state index contributed by atoms with van der Waals surface area (Å²) in [6.45, 7) is 0.747. The van der Waals surface area contributed by atoms with Crippen molar-refractivity contribution in [3.63, 3.8) is 0 Å². The number of carbonyl (C=O) groups is 1. The highest BCUT2D eigenvalue weighted by molar-refractivity contribution is 5.97. The number of aromatic nitrogens is 2. The third kappa shape index (κ3) is 3.11. The third-order valence-corrected chi connectivity index (χ3v) is 2.22. The Labute approximate surface area is 96.0 Å². The Hall–Kier alpha value is -1.73. The average molecular weight is 250 g/mol. The first-order valence-corrected chi connectivity index (χ1v) is 4.89. The van der Waals surface area contributed by atoms with Gasteiger partial charge in [-0.1, -0.05) is 0 Å². The number of alkyl halides is 3. The summed E-state index contributed by atoms with van der Waals surface area (Å²) < 4.78 is 37.3. The zero-order valence-electron chi connectivity index (χ0n) is 9.45. The Bertz CT molecular complexity index is 413. The molecule has 0 aliphatic rings. The number of nitrogens with two attached hydrogens (primary N) is 1. The summed E-state index contributed by atoms with van der Waals surface area (Å²) in [7, 11) is 1.48. The fourth-order valence-electron chi connectivity index (χ4n) is 1.25. The zero-order valence-corrected chi connectivity index (χ0v) is 9.45. The second kappa shape index (κ2) is 4.64. The molecule has 5 nitrogen and oxygen atoms in total. The Morgan fingerprint density at radius 3 is 2.65 bits per heavy atom. The summed E-state index contributed by atoms with van der Waals surface area (Å²) in [4.78, 5) is 13.0. The third-order valence-electron chi connectivity index (χ3n) is 2.22. The maximum absolute atomic E-state index is 12.3. The Morgan fingerprint density at radius 1 is 1.59 bits per heavy atom. The highest BCUT2D eigenvalue weighted by Crippen LogP contribution is 2.21. The lowest BCUT2D eigenvalue weighted by molar-refractivity contribution is -0.142. The van der Waals surface area contributed by atoms with E-state index in [1.807, 2.05) is 0 Å². The van der Waals surface area contributed by atoms with Gasteiger partial charge in [0.1, 0.15) is 12.2 Å². The van der Waals surface area contributed by atoms with Crippen molar-refractivity contribution in [2.24, 2.45) is 0 Å². The summed E-state index contributed by atoms with van der Waals surface area (Å²) in [5.74, 6) is -0.577. The lowest BCUT2D eigenvalue weighted by atomic mass is 10.3. The zero-order chi connectivity index (χ0) is 13.2. The monoisotopic (exact) mass is 250 g/mol. The molecule has 0 aliphatic carbocycles. The van der Waals surface area contributed by atoms with E-state index in [-0.39, 0.29) is 11.4 Å². The van der Waals surface area contributed by atoms with E-state index >= 15 is 0 Å². The maximum atomic E-state index is 12.3. The van der Waals surface area contributed by atoms with Crippen LogP contribution in [0.15, 0.2) is 6.20 Å². The molecule has 0 atom stereocenters. The predicted octanol–water partition coefficient (Wildman–Crippen LogP) is 1.12. The van der Waals surface area contributed by atoms with Crippen LogP contribution in [0.4, 0.5) is 18.9 Å². The first-order valence-electron chi connectivity index (χ1n) is 4.89. The van der Waals surface area contributed by atoms with Crippen molar-refractivity contribution in [1.82, 2.24) is 14.7 Å². The van der Waals surface area contributed by atoms with Crippen molar-refractivity contribution in [1.29, 1.82) is 0 Å². The molecule has 1 amide bonds. The minimum Gasteiger partial charge on any atom is -0.396 e. The van der Waals surface area contributed by atoms with E-state index in [1.54, 1.807) is 6.92 Å². The van der Waals surface area contributed by atoms with E-state index in [4.69, 9.17) is 5.73 Å². The van der Waals surface area contributed by atoms with Gasteiger partial charge in [0.15, 0.2) is 0 Å². The number of amides is 1. The SMILES string of the molecule is CCN(C)C(=O)c1c(N)cnn1CC(F)(F)F. The van der Waals surface area contributed by atoms with Crippen molar-refractivity contribution in [2.45, 2.75) is 19.6 Å². The Balaban J connectivity index is 3.06. The largest absolute Gasteiger partial charge is 0.408 e. The highest BCUT2D eigenvalue weighted by Gasteiger charge is 2.31. The first-order chi connectivity index (χ1) is 7.76. The predicted molar refractivity (Wildman–Crippen MR) is 55.3 cm³/mol. The topological polar surface area (TPSA) is 64.2 Å². The molecular formula is C9H13F3N4O. The van der Waals surface area contributed by atoms with Crippen molar-refractivity contribution >= 4 is 11.6 Å². The van der Waals surface area contributed by atoms with Crippen LogP contribution in [-0.4, -0.2) is 40.4 Å². The molecule has 1 aromatic rings. The van der Waals surface area contributed by atoms with Crippen molar-refractivity contribution in [3.05, 3.63) is 11.9 Å². The standard InChI is InChI=1S/C9H13F3N4O/c1-3-15(2)8(17)7-6(13)4-14-16(7)5-9(10,11)12/h4H,3,5,13H2,1-2H3. The van der Waals surface area contributed by atoms with Crippen LogP contribution in [0.2, 0.25) is 0 Å². The van der Waals surface area contributed by atoms with E-state index in [0.29, 0.717) is 11.2 Å². The molecule has 0 fully saturated rings. The number of nitrogen functional groups attached to an aromatic ring is 1. The Morgan fingerprint density at radius 2 is 2.18 bits per heavy atom. The van der Waals surface area contributed by atoms with Crippen molar-refractivity contribution < 1.29 is 18.0 Å². The number of nitrogens with zero attached hydrogens (tertiary/aromatic N) is 3. The second-order valence-corrected chi connectivity index (χ2v) is 3.54. The molecule has 0 aliphatic heterocycles. The molecule has 0 saturated carbocycles. The molecule has 8 heteroatoms. The van der Waals surface area contributed by atoms with Crippen LogP contribution in [0, 0.1) is 0 Å². The van der Waals surface area contributed by atoms with Gasteiger partial charge in [-0.15, -0.1) is 0 Å². The smallest absolute Gasteiger partial charge is 0.396 e. The van der Waals surface area contributed by atoms with Crippen LogP contribution in [0.5, 0.6) is 0 Å². The van der Waals surface area contributed by atoms with Crippen LogP contribution in [0.3, 0.4) is 0 Å². The summed E-state index contributed by atoms with van der Waals surface area (Å²) in [6.07, 6.45) is -3.40. The number of rotatable bonds is 3. The summed E-state index contributed by atoms with van der Waals surface area (Å²) in [6, 6.07) is 0. The number of halogens is 3. The van der Waals surface area contributed by atoms with Gasteiger partial charge in [0.25, 0.3) is 5.91 Å². The van der Waals surface area contributed by atoms with Crippen LogP contribution in [0.25, 0.3) is 0 Å². The number of carbonyl (C=O) groups excluding carboxylic acids is 1. The molecule has 1 heterocycles. The van der Waals surface area contributed by atoms with E-state index < -0.39 is 18.6 Å². The lowest BCUT2D eigenvalue weighted by Crippen LogP contribution is -2.31. The molecule has 1 aromatic heterocycles. The summed E-state index contributed by atoms with van der Waals surface area (Å²) in [5.41, 5.74) is 5.17. The summed E-state index contributed by atoms with van der Waals surface area (Å²) in [5, 5.41) is 3.46. The minimum atomic E-state index is -4.45. The van der Waals surface area contributed by atoms with Crippen molar-refractivity contribution in [2.75, 3.05) is 19.3 Å². The van der Waals surface area contributed by atoms with Gasteiger partial charge < -0.3 is 10.6 Å². The van der Waals surface area contributed by atoms with Gasteiger partial charge in [-0.25, -0.2) is 4.68 Å². The molecule has 0 unspecified atom stereocenters. The number of hydrogen-bond donors (Lipinski definition) is 1. The van der Waals surface area contributed by atoms with Gasteiger partial charge in [0.2, 0.25) is 0 Å². The lowest BCUT2D eigenvalue weighted by Gasteiger charge is -2.16. The van der Waals surface area contributed by atoms with Gasteiger partial charge >= 0.3 is 6.18 Å². The van der Waals surface area contributed by atoms with Crippen LogP contribution in [-0.2, 0) is 6.54 Å². The molecule has 1 rings (SSSR count). The van der Waals surface area contributed by atoms with Crippen molar-refractivity contribution in [3.8, 4) is 0 Å². The highest BCUT2D eigenvalue weighted by atomic mass is 19.4. The molecule has 96 valence electrons. The van der Waals surface area contributed by atoms with Gasteiger partial charge in [0.05, 0.1) is 11.9 Å². The van der Waals surface area contributed by atoms with E-state index in [9.17, 15) is 18.0 Å². The first kappa shape index (κ1) is 13.3. The van der Waals surface area contributed by atoms with E-state index in [2.05, 4.69) is 5.10 Å². The molecule has 0 bridgehead atoms. The molecule has 17 heavy (non-hydrogen) atoms. The molecule has 0 spiro atoms. The maximum Gasteiger partial charge on any atom is 0.408 e. The molecule has 0 radical (unpaired) electrons. The fraction of sp³-hybridized carbons (Fsp3) is 0.556. The average Bonchev–Trinajstić information content (AvgIpc) is 2.55.